The molecule has 2 N–H and O–H groups in total. The van der Waals surface area contributed by atoms with Crippen molar-refractivity contribution in [3.05, 3.63) is 35.6 Å². The summed E-state index contributed by atoms with van der Waals surface area (Å²) >= 11 is 0. The van der Waals surface area contributed by atoms with Gasteiger partial charge in [-0.15, -0.1) is 0 Å². The van der Waals surface area contributed by atoms with Crippen molar-refractivity contribution in [1.82, 2.24) is 10.6 Å². The van der Waals surface area contributed by atoms with Crippen LogP contribution in [0.5, 0.6) is 0 Å². The lowest BCUT2D eigenvalue weighted by molar-refractivity contribution is -0.153. The molecule has 0 saturated heterocycles. The van der Waals surface area contributed by atoms with Crippen LogP contribution in [0.1, 0.15) is 33.3 Å². The van der Waals surface area contributed by atoms with Gasteiger partial charge >= 0.3 is 12.0 Å². The molecule has 0 aliphatic rings. The maximum Gasteiger partial charge on any atom is 0.321 e. The lowest BCUT2D eigenvalue weighted by Gasteiger charge is -2.21. The van der Waals surface area contributed by atoms with Crippen LogP contribution < -0.4 is 10.6 Å². The zero-order valence-electron chi connectivity index (χ0n) is 13.6. The standard InChI is InChI=1S/C16H21FN2O4/c1-10(14(21)18-15(22)19-16(2,3)4)23-13(20)9-11-6-5-7-12(17)8-11/h5-8,10H,9H2,1-4H3,(H2,18,19,21,22)/t10-/m0/s1. The number of hydrogen-bond acceptors (Lipinski definition) is 4. The van der Waals surface area contributed by atoms with E-state index in [2.05, 4.69) is 10.6 Å². The van der Waals surface area contributed by atoms with E-state index < -0.39 is 35.4 Å². The third kappa shape index (κ3) is 7.39. The van der Waals surface area contributed by atoms with Crippen molar-refractivity contribution in [2.45, 2.75) is 45.8 Å². The normalized spacial score (nSPS) is 12.2. The summed E-state index contributed by atoms with van der Waals surface area (Å²) in [6.45, 7) is 6.64. The summed E-state index contributed by atoms with van der Waals surface area (Å²) in [6.07, 6.45) is -1.30. The Bertz CT molecular complexity index is 596. The average molecular weight is 324 g/mol. The summed E-state index contributed by atoms with van der Waals surface area (Å²) in [5, 5.41) is 4.64. The Morgan fingerprint density at radius 1 is 1.26 bits per heavy atom. The first-order valence-electron chi connectivity index (χ1n) is 7.14. The minimum absolute atomic E-state index is 0.163. The van der Waals surface area contributed by atoms with Crippen LogP contribution in [0.3, 0.4) is 0 Å². The molecule has 7 heteroatoms. The SMILES string of the molecule is C[C@H](OC(=O)Cc1cccc(F)c1)C(=O)NC(=O)NC(C)(C)C. The Hall–Kier alpha value is -2.44. The third-order valence-electron chi connectivity index (χ3n) is 2.64. The molecule has 1 aromatic rings. The zero-order valence-corrected chi connectivity index (χ0v) is 13.6. The molecule has 0 radical (unpaired) electrons. The number of benzene rings is 1. The molecule has 0 aromatic heterocycles. The van der Waals surface area contributed by atoms with E-state index in [9.17, 15) is 18.8 Å². The summed E-state index contributed by atoms with van der Waals surface area (Å²) in [5.74, 6) is -1.88. The topological polar surface area (TPSA) is 84.5 Å². The molecule has 3 amide bonds. The van der Waals surface area contributed by atoms with E-state index in [0.717, 1.165) is 0 Å². The smallest absolute Gasteiger partial charge is 0.321 e. The van der Waals surface area contributed by atoms with E-state index in [1.807, 2.05) is 0 Å². The largest absolute Gasteiger partial charge is 0.452 e. The van der Waals surface area contributed by atoms with Gasteiger partial charge in [-0.25, -0.2) is 9.18 Å². The maximum absolute atomic E-state index is 13.0. The molecule has 0 saturated carbocycles. The van der Waals surface area contributed by atoms with E-state index in [0.29, 0.717) is 5.56 Å². The van der Waals surface area contributed by atoms with Crippen LogP contribution in [-0.2, 0) is 20.7 Å². The number of hydrogen-bond donors (Lipinski definition) is 2. The molecule has 23 heavy (non-hydrogen) atoms. The van der Waals surface area contributed by atoms with Crippen molar-refractivity contribution < 1.29 is 23.5 Å². The Morgan fingerprint density at radius 2 is 1.91 bits per heavy atom. The van der Waals surface area contributed by atoms with Crippen LogP contribution in [-0.4, -0.2) is 29.6 Å². The van der Waals surface area contributed by atoms with Crippen LogP contribution >= 0.6 is 0 Å². The molecule has 0 spiro atoms. The predicted octanol–water partition coefficient (Wildman–Crippen LogP) is 1.92. The van der Waals surface area contributed by atoms with Gasteiger partial charge in [0.05, 0.1) is 6.42 Å². The molecule has 0 aliphatic heterocycles. The number of urea groups is 1. The minimum Gasteiger partial charge on any atom is -0.452 e. The van der Waals surface area contributed by atoms with Gasteiger partial charge in [-0.2, -0.15) is 0 Å². The Kier molecular flexibility index (Phi) is 6.24. The third-order valence-corrected chi connectivity index (χ3v) is 2.64. The maximum atomic E-state index is 13.0. The molecule has 6 nitrogen and oxygen atoms in total. The number of carbonyl (C=O) groups is 3. The molecule has 0 aliphatic carbocycles. The summed E-state index contributed by atoms with van der Waals surface area (Å²) in [4.78, 5) is 35.1. The van der Waals surface area contributed by atoms with Gasteiger partial charge in [0.1, 0.15) is 5.82 Å². The lowest BCUT2D eigenvalue weighted by Crippen LogP contribution is -2.50. The number of ether oxygens (including phenoxy) is 1. The number of esters is 1. The van der Waals surface area contributed by atoms with E-state index in [4.69, 9.17) is 4.74 Å². The number of amides is 3. The molecule has 0 heterocycles. The van der Waals surface area contributed by atoms with Crippen molar-refractivity contribution >= 4 is 17.9 Å². The fourth-order valence-electron chi connectivity index (χ4n) is 1.69. The Morgan fingerprint density at radius 3 is 2.48 bits per heavy atom. The van der Waals surface area contributed by atoms with Crippen LogP contribution in [0.25, 0.3) is 0 Å². The number of carbonyl (C=O) groups excluding carboxylic acids is 3. The highest BCUT2D eigenvalue weighted by Gasteiger charge is 2.22. The van der Waals surface area contributed by atoms with Crippen molar-refractivity contribution in [3.8, 4) is 0 Å². The highest BCUT2D eigenvalue weighted by atomic mass is 19.1. The van der Waals surface area contributed by atoms with E-state index in [1.54, 1.807) is 26.8 Å². The van der Waals surface area contributed by atoms with Crippen molar-refractivity contribution in [3.63, 3.8) is 0 Å². The second kappa shape index (κ2) is 7.71. The average Bonchev–Trinajstić information content (AvgIpc) is 2.35. The molecule has 0 bridgehead atoms. The first-order chi connectivity index (χ1) is 10.6. The van der Waals surface area contributed by atoms with Crippen molar-refractivity contribution in [2.75, 3.05) is 0 Å². The van der Waals surface area contributed by atoms with E-state index in [1.165, 1.54) is 25.1 Å². The molecule has 1 atom stereocenters. The molecule has 126 valence electrons. The van der Waals surface area contributed by atoms with Gasteiger partial charge in [-0.3, -0.25) is 14.9 Å². The summed E-state index contributed by atoms with van der Waals surface area (Å²) in [7, 11) is 0. The first kappa shape index (κ1) is 18.6. The van der Waals surface area contributed by atoms with Gasteiger partial charge in [0, 0.05) is 5.54 Å². The quantitative estimate of drug-likeness (QED) is 0.829. The first-order valence-corrected chi connectivity index (χ1v) is 7.14. The Balaban J connectivity index is 2.48. The highest BCUT2D eigenvalue weighted by Crippen LogP contribution is 2.06. The zero-order chi connectivity index (χ0) is 17.6. The van der Waals surface area contributed by atoms with Crippen LogP contribution in [0.15, 0.2) is 24.3 Å². The second-order valence-corrected chi connectivity index (χ2v) is 6.13. The minimum atomic E-state index is -1.14. The van der Waals surface area contributed by atoms with E-state index >= 15 is 0 Å². The predicted molar refractivity (Wildman–Crippen MR) is 82.1 cm³/mol. The fraction of sp³-hybridized carbons (Fsp3) is 0.438. The second-order valence-electron chi connectivity index (χ2n) is 6.13. The molecular weight excluding hydrogens is 303 g/mol. The molecule has 0 unspecified atom stereocenters. The van der Waals surface area contributed by atoms with Gasteiger partial charge in [0.2, 0.25) is 0 Å². The summed E-state index contributed by atoms with van der Waals surface area (Å²) in [5.41, 5.74) is -0.0603. The molecular formula is C16H21FN2O4. The summed E-state index contributed by atoms with van der Waals surface area (Å²) in [6, 6.07) is 4.86. The van der Waals surface area contributed by atoms with Gasteiger partial charge in [-0.05, 0) is 45.4 Å². The number of imide groups is 1. The number of halogens is 1. The molecule has 1 rings (SSSR count). The fourth-order valence-corrected chi connectivity index (χ4v) is 1.69. The van der Waals surface area contributed by atoms with Gasteiger partial charge in [0.25, 0.3) is 5.91 Å². The Labute approximate surface area is 134 Å². The number of rotatable bonds is 4. The van der Waals surface area contributed by atoms with Crippen LogP contribution in [0.4, 0.5) is 9.18 Å². The van der Waals surface area contributed by atoms with Crippen molar-refractivity contribution in [2.24, 2.45) is 0 Å². The van der Waals surface area contributed by atoms with E-state index in [-0.39, 0.29) is 6.42 Å². The van der Waals surface area contributed by atoms with Crippen LogP contribution in [0.2, 0.25) is 0 Å². The van der Waals surface area contributed by atoms with Crippen molar-refractivity contribution in [1.29, 1.82) is 0 Å². The number of nitrogens with one attached hydrogen (secondary N) is 2. The molecule has 1 aromatic carbocycles. The van der Waals surface area contributed by atoms with Gasteiger partial charge in [0.15, 0.2) is 6.10 Å². The molecule has 0 fully saturated rings. The van der Waals surface area contributed by atoms with Crippen LogP contribution in [0, 0.1) is 5.82 Å². The summed E-state index contributed by atoms with van der Waals surface area (Å²) < 4.78 is 18.0. The lowest BCUT2D eigenvalue weighted by atomic mass is 10.1. The highest BCUT2D eigenvalue weighted by molar-refractivity contribution is 5.97. The van der Waals surface area contributed by atoms with Gasteiger partial charge in [-0.1, -0.05) is 12.1 Å². The van der Waals surface area contributed by atoms with Gasteiger partial charge < -0.3 is 10.1 Å². The monoisotopic (exact) mass is 324 g/mol.